The molecule has 3 nitrogen and oxygen atoms in total. The van der Waals surface area contributed by atoms with E-state index in [9.17, 15) is 4.79 Å². The fourth-order valence-corrected chi connectivity index (χ4v) is 2.57. The van der Waals surface area contributed by atoms with Crippen LogP contribution in [0.1, 0.15) is 36.6 Å². The number of nitrogens with zero attached hydrogens (tertiary/aromatic N) is 1. The molecule has 2 aliphatic rings. The summed E-state index contributed by atoms with van der Waals surface area (Å²) in [4.78, 5) is 13.9. The van der Waals surface area contributed by atoms with Gasteiger partial charge in [-0.2, -0.15) is 0 Å². The third kappa shape index (κ3) is 2.41. The van der Waals surface area contributed by atoms with Crippen molar-refractivity contribution >= 4 is 5.91 Å². The average Bonchev–Trinajstić information content (AvgIpc) is 3.12. The SMILES string of the molecule is Cc1ccc(C2NCC(=O)N2CCC2CC2)cc1. The zero-order valence-corrected chi connectivity index (χ0v) is 10.9. The summed E-state index contributed by atoms with van der Waals surface area (Å²) < 4.78 is 0. The van der Waals surface area contributed by atoms with Crippen molar-refractivity contribution in [3.05, 3.63) is 35.4 Å². The second-order valence-corrected chi connectivity index (χ2v) is 5.51. The molecule has 18 heavy (non-hydrogen) atoms. The molecule has 1 saturated carbocycles. The smallest absolute Gasteiger partial charge is 0.238 e. The molecule has 1 unspecified atom stereocenters. The van der Waals surface area contributed by atoms with E-state index in [0.29, 0.717) is 6.54 Å². The van der Waals surface area contributed by atoms with Gasteiger partial charge in [0.05, 0.1) is 6.54 Å². The Morgan fingerprint density at radius 1 is 1.28 bits per heavy atom. The zero-order chi connectivity index (χ0) is 12.5. The number of hydrogen-bond acceptors (Lipinski definition) is 2. The lowest BCUT2D eigenvalue weighted by molar-refractivity contribution is -0.128. The Hall–Kier alpha value is -1.35. The first-order valence-electron chi connectivity index (χ1n) is 6.83. The first-order chi connectivity index (χ1) is 8.74. The largest absolute Gasteiger partial charge is 0.322 e. The molecule has 1 aromatic carbocycles. The van der Waals surface area contributed by atoms with Crippen molar-refractivity contribution < 1.29 is 4.79 Å². The van der Waals surface area contributed by atoms with Gasteiger partial charge in [0.25, 0.3) is 0 Å². The number of nitrogens with one attached hydrogen (secondary N) is 1. The van der Waals surface area contributed by atoms with Crippen LogP contribution >= 0.6 is 0 Å². The Morgan fingerprint density at radius 3 is 2.67 bits per heavy atom. The number of hydrogen-bond donors (Lipinski definition) is 1. The number of amides is 1. The van der Waals surface area contributed by atoms with Crippen molar-refractivity contribution in [2.45, 2.75) is 32.4 Å². The third-order valence-corrected chi connectivity index (χ3v) is 3.95. The Balaban J connectivity index is 1.72. The minimum Gasteiger partial charge on any atom is -0.322 e. The lowest BCUT2D eigenvalue weighted by Crippen LogP contribution is -2.31. The molecule has 0 aromatic heterocycles. The second kappa shape index (κ2) is 4.73. The summed E-state index contributed by atoms with van der Waals surface area (Å²) >= 11 is 0. The molecule has 1 N–H and O–H groups in total. The van der Waals surface area contributed by atoms with Gasteiger partial charge < -0.3 is 4.90 Å². The van der Waals surface area contributed by atoms with Crippen molar-refractivity contribution in [2.24, 2.45) is 5.92 Å². The Kier molecular flexibility index (Phi) is 3.08. The van der Waals surface area contributed by atoms with Crippen LogP contribution in [0.5, 0.6) is 0 Å². The summed E-state index contributed by atoms with van der Waals surface area (Å²) in [6.07, 6.45) is 3.95. The van der Waals surface area contributed by atoms with E-state index in [1.54, 1.807) is 0 Å². The number of carbonyl (C=O) groups excluding carboxylic acids is 1. The van der Waals surface area contributed by atoms with Crippen LogP contribution < -0.4 is 5.32 Å². The standard InChI is InChI=1S/C15H20N2O/c1-11-2-6-13(7-3-11)15-16-10-14(18)17(15)9-8-12-4-5-12/h2-3,6-7,12,15-16H,4-5,8-10H2,1H3. The molecule has 3 heteroatoms. The lowest BCUT2D eigenvalue weighted by atomic mass is 10.1. The summed E-state index contributed by atoms with van der Waals surface area (Å²) in [5, 5.41) is 3.31. The van der Waals surface area contributed by atoms with Crippen molar-refractivity contribution in [2.75, 3.05) is 13.1 Å². The van der Waals surface area contributed by atoms with Crippen molar-refractivity contribution in [1.29, 1.82) is 0 Å². The first-order valence-corrected chi connectivity index (χ1v) is 6.83. The summed E-state index contributed by atoms with van der Waals surface area (Å²) in [6, 6.07) is 8.46. The molecule has 0 bridgehead atoms. The monoisotopic (exact) mass is 244 g/mol. The molecule has 1 aliphatic carbocycles. The van der Waals surface area contributed by atoms with E-state index in [0.717, 1.165) is 18.9 Å². The van der Waals surface area contributed by atoms with Crippen molar-refractivity contribution in [1.82, 2.24) is 10.2 Å². The summed E-state index contributed by atoms with van der Waals surface area (Å²) in [5.41, 5.74) is 2.45. The molecule has 3 rings (SSSR count). The normalized spacial score (nSPS) is 23.7. The van der Waals surface area contributed by atoms with Gasteiger partial charge in [-0.1, -0.05) is 42.7 Å². The topological polar surface area (TPSA) is 32.3 Å². The zero-order valence-electron chi connectivity index (χ0n) is 10.9. The molecule has 1 aromatic rings. The van der Waals surface area contributed by atoms with Crippen LogP contribution in [0.2, 0.25) is 0 Å². The van der Waals surface area contributed by atoms with Crippen LogP contribution in [0, 0.1) is 12.8 Å². The van der Waals surface area contributed by atoms with Crippen LogP contribution in [-0.4, -0.2) is 23.9 Å². The van der Waals surface area contributed by atoms with Gasteiger partial charge in [-0.05, 0) is 24.8 Å². The van der Waals surface area contributed by atoms with E-state index in [2.05, 4.69) is 36.5 Å². The van der Waals surface area contributed by atoms with E-state index in [-0.39, 0.29) is 12.1 Å². The Bertz CT molecular complexity index is 436. The minimum atomic E-state index is 0.0804. The summed E-state index contributed by atoms with van der Waals surface area (Å²) in [5.74, 6) is 1.11. The highest BCUT2D eigenvalue weighted by atomic mass is 16.2. The summed E-state index contributed by atoms with van der Waals surface area (Å²) in [6.45, 7) is 3.46. The van der Waals surface area contributed by atoms with Crippen LogP contribution in [0.3, 0.4) is 0 Å². The van der Waals surface area contributed by atoms with Gasteiger partial charge in [-0.25, -0.2) is 0 Å². The molecule has 0 spiro atoms. The van der Waals surface area contributed by atoms with E-state index in [1.165, 1.54) is 24.0 Å². The molecule has 2 fully saturated rings. The maximum absolute atomic E-state index is 11.9. The highest BCUT2D eigenvalue weighted by Crippen LogP contribution is 2.33. The van der Waals surface area contributed by atoms with Gasteiger partial charge in [0.2, 0.25) is 5.91 Å². The molecule has 1 saturated heterocycles. The molecule has 1 atom stereocenters. The molecular weight excluding hydrogens is 224 g/mol. The van der Waals surface area contributed by atoms with Gasteiger partial charge in [0.15, 0.2) is 0 Å². The lowest BCUT2D eigenvalue weighted by Gasteiger charge is -2.24. The van der Waals surface area contributed by atoms with E-state index >= 15 is 0 Å². The Morgan fingerprint density at radius 2 is 2.00 bits per heavy atom. The van der Waals surface area contributed by atoms with Gasteiger partial charge >= 0.3 is 0 Å². The Labute approximate surface area is 108 Å². The van der Waals surface area contributed by atoms with E-state index in [4.69, 9.17) is 0 Å². The number of carbonyl (C=O) groups is 1. The number of benzene rings is 1. The maximum Gasteiger partial charge on any atom is 0.238 e. The third-order valence-electron chi connectivity index (χ3n) is 3.95. The maximum atomic E-state index is 11.9. The number of aryl methyl sites for hydroxylation is 1. The molecule has 1 heterocycles. The molecular formula is C15H20N2O. The van der Waals surface area contributed by atoms with E-state index in [1.807, 2.05) is 4.90 Å². The van der Waals surface area contributed by atoms with Crippen LogP contribution in [0.25, 0.3) is 0 Å². The molecule has 0 radical (unpaired) electrons. The van der Waals surface area contributed by atoms with Crippen molar-refractivity contribution in [3.63, 3.8) is 0 Å². The van der Waals surface area contributed by atoms with E-state index < -0.39 is 0 Å². The fourth-order valence-electron chi connectivity index (χ4n) is 2.57. The predicted molar refractivity (Wildman–Crippen MR) is 71.0 cm³/mol. The molecule has 96 valence electrons. The quantitative estimate of drug-likeness (QED) is 0.881. The fraction of sp³-hybridized carbons (Fsp3) is 0.533. The number of rotatable bonds is 4. The van der Waals surface area contributed by atoms with Crippen LogP contribution in [-0.2, 0) is 4.79 Å². The highest BCUT2D eigenvalue weighted by molar-refractivity contribution is 5.80. The van der Waals surface area contributed by atoms with Gasteiger partial charge in [-0.15, -0.1) is 0 Å². The van der Waals surface area contributed by atoms with Crippen molar-refractivity contribution in [3.8, 4) is 0 Å². The van der Waals surface area contributed by atoms with Gasteiger partial charge in [0, 0.05) is 6.54 Å². The van der Waals surface area contributed by atoms with Crippen LogP contribution in [0.15, 0.2) is 24.3 Å². The van der Waals surface area contributed by atoms with Gasteiger partial charge in [-0.3, -0.25) is 10.1 Å². The van der Waals surface area contributed by atoms with Gasteiger partial charge in [0.1, 0.15) is 6.17 Å². The predicted octanol–water partition coefficient (Wildman–Crippen LogP) is 2.23. The minimum absolute atomic E-state index is 0.0804. The second-order valence-electron chi connectivity index (χ2n) is 5.51. The van der Waals surface area contributed by atoms with Crippen LogP contribution in [0.4, 0.5) is 0 Å². The highest BCUT2D eigenvalue weighted by Gasteiger charge is 2.32. The molecule has 1 amide bonds. The average molecular weight is 244 g/mol. The molecule has 1 aliphatic heterocycles. The first kappa shape index (κ1) is 11.7. The summed E-state index contributed by atoms with van der Waals surface area (Å²) in [7, 11) is 0.